The quantitative estimate of drug-likeness (QED) is 0.399. The molecule has 1 aromatic heterocycles. The summed E-state index contributed by atoms with van der Waals surface area (Å²) in [6.07, 6.45) is -2.30. The molecule has 0 aliphatic rings. The van der Waals surface area contributed by atoms with Gasteiger partial charge in [-0.15, -0.1) is 0 Å². The zero-order valence-corrected chi connectivity index (χ0v) is 19.3. The van der Waals surface area contributed by atoms with Gasteiger partial charge in [0.05, 0.1) is 24.8 Å². The van der Waals surface area contributed by atoms with Crippen molar-refractivity contribution in [1.29, 1.82) is 0 Å². The van der Waals surface area contributed by atoms with Crippen molar-refractivity contribution in [1.82, 2.24) is 10.3 Å². The molecule has 0 saturated carbocycles. The number of esters is 1. The molecule has 0 spiro atoms. The van der Waals surface area contributed by atoms with Gasteiger partial charge >= 0.3 is 12.1 Å². The number of carbonyl (C=O) groups is 2. The van der Waals surface area contributed by atoms with Crippen LogP contribution in [-0.2, 0) is 15.7 Å². The van der Waals surface area contributed by atoms with E-state index in [-0.39, 0.29) is 25.0 Å². The molecule has 0 aliphatic carbocycles. The van der Waals surface area contributed by atoms with Crippen LogP contribution in [0.5, 0.6) is 5.75 Å². The number of carbonyl (C=O) groups excluding carboxylic acids is 2. The van der Waals surface area contributed by atoms with E-state index in [1.54, 1.807) is 36.5 Å². The minimum Gasteiger partial charge on any atom is -0.486 e. The van der Waals surface area contributed by atoms with Gasteiger partial charge in [-0.1, -0.05) is 25.1 Å². The van der Waals surface area contributed by atoms with Crippen molar-refractivity contribution in [2.75, 3.05) is 13.7 Å². The lowest BCUT2D eigenvalue weighted by Gasteiger charge is -2.18. The Labute approximate surface area is 201 Å². The number of halogens is 3. The number of methoxy groups -OCH3 is 1. The summed E-state index contributed by atoms with van der Waals surface area (Å²) < 4.78 is 48.9. The first-order valence-electron chi connectivity index (χ1n) is 11.0. The Balaban J connectivity index is 1.62. The van der Waals surface area contributed by atoms with Crippen LogP contribution in [0.25, 0.3) is 11.3 Å². The van der Waals surface area contributed by atoms with Crippen LogP contribution >= 0.6 is 0 Å². The van der Waals surface area contributed by atoms with E-state index < -0.39 is 17.7 Å². The second-order valence-corrected chi connectivity index (χ2v) is 7.67. The smallest absolute Gasteiger partial charge is 0.416 e. The summed E-state index contributed by atoms with van der Waals surface area (Å²) in [7, 11) is 1.29. The molecule has 0 bridgehead atoms. The van der Waals surface area contributed by atoms with Crippen molar-refractivity contribution in [3.8, 4) is 17.0 Å². The lowest BCUT2D eigenvalue weighted by atomic mass is 10.1. The maximum absolute atomic E-state index is 12.8. The first kappa shape index (κ1) is 25.7. The van der Waals surface area contributed by atoms with Crippen LogP contribution in [-0.4, -0.2) is 30.5 Å². The number of pyridine rings is 1. The highest BCUT2D eigenvalue weighted by atomic mass is 19.4. The molecule has 0 fully saturated rings. The minimum atomic E-state index is -4.38. The van der Waals surface area contributed by atoms with Crippen LogP contribution in [0.3, 0.4) is 0 Å². The predicted octanol–water partition coefficient (Wildman–Crippen LogP) is 5.59. The van der Waals surface area contributed by atoms with Crippen molar-refractivity contribution in [3.05, 3.63) is 83.6 Å². The molecule has 2 aromatic carbocycles. The van der Waals surface area contributed by atoms with Crippen molar-refractivity contribution in [2.45, 2.75) is 32.0 Å². The van der Waals surface area contributed by atoms with Gasteiger partial charge < -0.3 is 14.8 Å². The van der Waals surface area contributed by atoms with E-state index in [1.165, 1.54) is 19.2 Å². The fraction of sp³-hybridized carbons (Fsp3) is 0.269. The fourth-order valence-corrected chi connectivity index (χ4v) is 3.31. The predicted molar refractivity (Wildman–Crippen MR) is 124 cm³/mol. The van der Waals surface area contributed by atoms with E-state index in [4.69, 9.17) is 4.74 Å². The third kappa shape index (κ3) is 7.05. The third-order valence-corrected chi connectivity index (χ3v) is 5.27. The molecular weight excluding hydrogens is 461 g/mol. The van der Waals surface area contributed by atoms with E-state index in [2.05, 4.69) is 15.0 Å². The van der Waals surface area contributed by atoms with Gasteiger partial charge in [0.2, 0.25) is 0 Å². The van der Waals surface area contributed by atoms with E-state index in [1.807, 2.05) is 13.0 Å². The van der Waals surface area contributed by atoms with Crippen LogP contribution in [0.4, 0.5) is 13.2 Å². The largest absolute Gasteiger partial charge is 0.486 e. The molecule has 35 heavy (non-hydrogen) atoms. The Morgan fingerprint density at radius 3 is 2.23 bits per heavy atom. The standard InChI is InChI=1S/C26H25F3N2O4/c1-3-23(35-21-11-6-18(7-12-21)25(33)30-15-14-24(32)34-2)19-8-13-22(31-16-19)17-4-9-20(10-5-17)26(27,28)29/h4-13,16,23H,3,14-15H2,1-2H3,(H,30,33). The van der Waals surface area contributed by atoms with Crippen molar-refractivity contribution in [3.63, 3.8) is 0 Å². The maximum atomic E-state index is 12.8. The Kier molecular flexibility index (Phi) is 8.46. The number of alkyl halides is 3. The topological polar surface area (TPSA) is 77.5 Å². The molecular formula is C26H25F3N2O4. The number of hydrogen-bond donors (Lipinski definition) is 1. The zero-order chi connectivity index (χ0) is 25.4. The van der Waals surface area contributed by atoms with Gasteiger partial charge in [-0.05, 0) is 48.9 Å². The van der Waals surface area contributed by atoms with Crippen molar-refractivity contribution >= 4 is 11.9 Å². The molecule has 6 nitrogen and oxygen atoms in total. The molecule has 1 unspecified atom stereocenters. The number of rotatable bonds is 9. The van der Waals surface area contributed by atoms with Crippen LogP contribution in [0, 0.1) is 0 Å². The van der Waals surface area contributed by atoms with Gasteiger partial charge in [-0.3, -0.25) is 14.6 Å². The Hall–Kier alpha value is -3.88. The lowest BCUT2D eigenvalue weighted by Crippen LogP contribution is -2.26. The lowest BCUT2D eigenvalue weighted by molar-refractivity contribution is -0.140. The van der Waals surface area contributed by atoms with Gasteiger partial charge in [0, 0.05) is 29.4 Å². The van der Waals surface area contributed by atoms with Gasteiger partial charge in [0.1, 0.15) is 11.9 Å². The van der Waals surface area contributed by atoms with Crippen LogP contribution in [0.2, 0.25) is 0 Å². The molecule has 1 heterocycles. The fourth-order valence-electron chi connectivity index (χ4n) is 3.31. The number of nitrogens with one attached hydrogen (secondary N) is 1. The van der Waals surface area contributed by atoms with E-state index in [0.29, 0.717) is 29.0 Å². The third-order valence-electron chi connectivity index (χ3n) is 5.27. The molecule has 9 heteroatoms. The number of ether oxygens (including phenoxy) is 2. The molecule has 1 amide bonds. The number of nitrogens with zero attached hydrogens (tertiary/aromatic N) is 1. The molecule has 184 valence electrons. The highest BCUT2D eigenvalue weighted by Crippen LogP contribution is 2.31. The summed E-state index contributed by atoms with van der Waals surface area (Å²) >= 11 is 0. The molecule has 3 aromatic rings. The van der Waals surface area contributed by atoms with E-state index >= 15 is 0 Å². The number of aromatic nitrogens is 1. The molecule has 1 N–H and O–H groups in total. The Bertz CT molecular complexity index is 1130. The average Bonchev–Trinajstić information content (AvgIpc) is 2.87. The summed E-state index contributed by atoms with van der Waals surface area (Å²) in [4.78, 5) is 27.7. The van der Waals surface area contributed by atoms with Gasteiger partial charge in [-0.2, -0.15) is 13.2 Å². The highest BCUT2D eigenvalue weighted by molar-refractivity contribution is 5.94. The molecule has 3 rings (SSSR count). The Morgan fingerprint density at radius 1 is 1.00 bits per heavy atom. The summed E-state index contributed by atoms with van der Waals surface area (Å²) in [6, 6.07) is 15.0. The number of hydrogen-bond acceptors (Lipinski definition) is 5. The second kappa shape index (κ2) is 11.5. The summed E-state index contributed by atoms with van der Waals surface area (Å²) in [5.74, 6) is -0.146. The normalized spacial score (nSPS) is 12.0. The minimum absolute atomic E-state index is 0.0906. The van der Waals surface area contributed by atoms with E-state index in [0.717, 1.165) is 17.7 Å². The second-order valence-electron chi connectivity index (χ2n) is 7.67. The number of amides is 1. The van der Waals surface area contributed by atoms with Crippen molar-refractivity contribution < 1.29 is 32.2 Å². The summed E-state index contributed by atoms with van der Waals surface area (Å²) in [5, 5.41) is 2.65. The van der Waals surface area contributed by atoms with Gasteiger partial charge in [-0.25, -0.2) is 0 Å². The van der Waals surface area contributed by atoms with Gasteiger partial charge in [0.15, 0.2) is 0 Å². The highest BCUT2D eigenvalue weighted by Gasteiger charge is 2.30. The first-order chi connectivity index (χ1) is 16.7. The molecule has 0 radical (unpaired) electrons. The zero-order valence-electron chi connectivity index (χ0n) is 19.3. The monoisotopic (exact) mass is 486 g/mol. The molecule has 0 aliphatic heterocycles. The Morgan fingerprint density at radius 2 is 1.69 bits per heavy atom. The van der Waals surface area contributed by atoms with Gasteiger partial charge in [0.25, 0.3) is 5.91 Å². The van der Waals surface area contributed by atoms with Crippen LogP contribution in [0.15, 0.2) is 66.9 Å². The SMILES string of the molecule is CCC(Oc1ccc(C(=O)NCCC(=O)OC)cc1)c1ccc(-c2ccc(C(F)(F)F)cc2)nc1. The summed E-state index contributed by atoms with van der Waals surface area (Å²) in [6.45, 7) is 2.13. The summed E-state index contributed by atoms with van der Waals surface area (Å²) in [5.41, 5.74) is 1.67. The van der Waals surface area contributed by atoms with Crippen LogP contribution in [0.1, 0.15) is 47.4 Å². The first-order valence-corrected chi connectivity index (χ1v) is 11.0. The molecule has 0 saturated heterocycles. The average molecular weight is 486 g/mol. The van der Waals surface area contributed by atoms with Crippen LogP contribution < -0.4 is 10.1 Å². The van der Waals surface area contributed by atoms with Crippen molar-refractivity contribution in [2.24, 2.45) is 0 Å². The molecule has 1 atom stereocenters. The number of benzene rings is 2. The van der Waals surface area contributed by atoms with E-state index in [9.17, 15) is 22.8 Å². The maximum Gasteiger partial charge on any atom is 0.416 e.